The highest BCUT2D eigenvalue weighted by Crippen LogP contribution is 2.41. The van der Waals surface area contributed by atoms with Crippen molar-refractivity contribution >= 4 is 39.0 Å². The molecule has 1 heterocycles. The van der Waals surface area contributed by atoms with Gasteiger partial charge in [-0.3, -0.25) is 4.31 Å². The molecule has 2 N–H and O–H groups in total. The third-order valence-electron chi connectivity index (χ3n) is 6.61. The van der Waals surface area contributed by atoms with Gasteiger partial charge in [0.2, 0.25) is 0 Å². The maximum absolute atomic E-state index is 14.6. The van der Waals surface area contributed by atoms with Crippen LogP contribution in [0.3, 0.4) is 0 Å². The third kappa shape index (κ3) is 7.09. The van der Waals surface area contributed by atoms with Crippen LogP contribution in [0.1, 0.15) is 30.0 Å². The lowest BCUT2D eigenvalue weighted by Gasteiger charge is -2.35. The first kappa shape index (κ1) is 31.4. The molecule has 2 atom stereocenters. The molecule has 0 aliphatic carbocycles. The summed E-state index contributed by atoms with van der Waals surface area (Å²) in [5.74, 6) is -0.505. The zero-order valence-electron chi connectivity index (χ0n) is 23.1. The fourth-order valence-electron chi connectivity index (χ4n) is 4.50. The average Bonchev–Trinajstić information content (AvgIpc) is 2.92. The number of aryl methyl sites for hydroxylation is 1. The number of halogens is 4. The minimum atomic E-state index is -4.29. The van der Waals surface area contributed by atoms with Crippen molar-refractivity contribution in [2.75, 3.05) is 18.0 Å². The maximum atomic E-state index is 14.6. The van der Waals surface area contributed by atoms with E-state index in [0.717, 1.165) is 15.9 Å². The first-order valence-corrected chi connectivity index (χ1v) is 14.7. The molecule has 0 aromatic heterocycles. The summed E-state index contributed by atoms with van der Waals surface area (Å²) >= 11 is 6.26. The second kappa shape index (κ2) is 13.2. The van der Waals surface area contributed by atoms with Crippen LogP contribution in [0.25, 0.3) is 11.6 Å². The number of fused-ring (bicyclic) bond motifs is 1. The van der Waals surface area contributed by atoms with E-state index < -0.39 is 34.8 Å². The number of ether oxygens (including phenoxy) is 3. The van der Waals surface area contributed by atoms with Crippen LogP contribution >= 0.6 is 11.6 Å². The van der Waals surface area contributed by atoms with E-state index in [-0.39, 0.29) is 39.2 Å². The van der Waals surface area contributed by atoms with Crippen molar-refractivity contribution in [2.24, 2.45) is 5.73 Å². The van der Waals surface area contributed by atoms with Crippen LogP contribution in [0.5, 0.6) is 11.5 Å². The van der Waals surface area contributed by atoms with Gasteiger partial charge in [0.15, 0.2) is 0 Å². The van der Waals surface area contributed by atoms with E-state index in [4.69, 9.17) is 26.8 Å². The summed E-state index contributed by atoms with van der Waals surface area (Å²) in [6.07, 6.45) is 4.25. The number of anilines is 1. The largest absolute Gasteiger partial charge is 0.482 e. The van der Waals surface area contributed by atoms with Crippen molar-refractivity contribution in [3.05, 3.63) is 94.3 Å². The Kier molecular flexibility index (Phi) is 9.88. The Morgan fingerprint density at radius 1 is 1.21 bits per heavy atom. The number of nitrogens with two attached hydrogens (primary N) is 1. The summed E-state index contributed by atoms with van der Waals surface area (Å²) in [4.78, 5) is -0.246. The molecule has 0 amide bonds. The molecule has 0 saturated heterocycles. The molecule has 0 fully saturated rings. The van der Waals surface area contributed by atoms with Gasteiger partial charge in [-0.05, 0) is 73.0 Å². The molecule has 0 bridgehead atoms. The molecule has 4 rings (SSSR count). The molecule has 42 heavy (non-hydrogen) atoms. The van der Waals surface area contributed by atoms with Crippen molar-refractivity contribution < 1.29 is 35.8 Å². The van der Waals surface area contributed by atoms with E-state index in [1.165, 1.54) is 37.4 Å². The van der Waals surface area contributed by atoms with Crippen molar-refractivity contribution in [1.82, 2.24) is 0 Å². The Morgan fingerprint density at radius 3 is 2.64 bits per heavy atom. The molecule has 1 aliphatic rings. The number of nitrogens with zero attached hydrogens (tertiary/aromatic N) is 1. The van der Waals surface area contributed by atoms with Gasteiger partial charge >= 0.3 is 6.61 Å². The van der Waals surface area contributed by atoms with Crippen LogP contribution in [-0.4, -0.2) is 41.0 Å². The van der Waals surface area contributed by atoms with E-state index in [1.807, 2.05) is 6.92 Å². The van der Waals surface area contributed by atoms with Gasteiger partial charge in [-0.2, -0.15) is 8.78 Å². The molecule has 0 saturated carbocycles. The standard InChI is InChI=1S/C30H30ClF3N2O5S/c1-18-14-27-26(15-20(18)13-19(2)29-24(31)10-6-11-25(29)32)36(17-22(40-27)8-5-12-28(35)39-3)42(37,38)23-9-4-7-21(16-23)41-30(33)34/h4-11,13-16,22,28,30H,12,17,35H2,1-3H3/b8-5+,19-13+. The van der Waals surface area contributed by atoms with E-state index in [9.17, 15) is 21.6 Å². The number of benzene rings is 3. The quantitative estimate of drug-likeness (QED) is 0.152. The summed E-state index contributed by atoms with van der Waals surface area (Å²) in [6, 6.07) is 12.6. The first-order chi connectivity index (χ1) is 19.9. The second-order valence-electron chi connectivity index (χ2n) is 9.58. The van der Waals surface area contributed by atoms with Crippen LogP contribution in [-0.2, 0) is 14.8 Å². The molecule has 0 radical (unpaired) electrons. The Bertz CT molecular complexity index is 1590. The van der Waals surface area contributed by atoms with Gasteiger partial charge in [0.25, 0.3) is 10.0 Å². The highest BCUT2D eigenvalue weighted by atomic mass is 35.5. The Morgan fingerprint density at radius 2 is 1.95 bits per heavy atom. The Hall–Kier alpha value is -3.51. The van der Waals surface area contributed by atoms with E-state index >= 15 is 0 Å². The number of hydrogen-bond acceptors (Lipinski definition) is 6. The molecular formula is C30H30ClF3N2O5S. The molecule has 0 spiro atoms. The van der Waals surface area contributed by atoms with Gasteiger partial charge in [-0.15, -0.1) is 0 Å². The number of allylic oxidation sites excluding steroid dienone is 1. The minimum absolute atomic E-state index is 0.127. The molecule has 12 heteroatoms. The number of methoxy groups -OCH3 is 1. The number of sulfonamides is 1. The van der Waals surface area contributed by atoms with Gasteiger partial charge in [-0.25, -0.2) is 12.8 Å². The lowest BCUT2D eigenvalue weighted by molar-refractivity contribution is -0.0499. The van der Waals surface area contributed by atoms with Gasteiger partial charge in [0.05, 0.1) is 22.2 Å². The predicted octanol–water partition coefficient (Wildman–Crippen LogP) is 6.78. The smallest absolute Gasteiger partial charge is 0.387 e. The van der Waals surface area contributed by atoms with Crippen molar-refractivity contribution in [3.8, 4) is 11.5 Å². The fourth-order valence-corrected chi connectivity index (χ4v) is 6.33. The van der Waals surface area contributed by atoms with Crippen LogP contribution in [0, 0.1) is 12.7 Å². The van der Waals surface area contributed by atoms with E-state index in [0.29, 0.717) is 17.6 Å². The van der Waals surface area contributed by atoms with Gasteiger partial charge in [0, 0.05) is 25.2 Å². The molecule has 3 aromatic carbocycles. The molecule has 3 aromatic rings. The lowest BCUT2D eigenvalue weighted by Crippen LogP contribution is -2.43. The molecule has 7 nitrogen and oxygen atoms in total. The monoisotopic (exact) mass is 622 g/mol. The highest BCUT2D eigenvalue weighted by Gasteiger charge is 2.34. The van der Waals surface area contributed by atoms with E-state index in [2.05, 4.69) is 4.74 Å². The van der Waals surface area contributed by atoms with Gasteiger partial charge in [0.1, 0.15) is 29.6 Å². The van der Waals surface area contributed by atoms with E-state index in [1.54, 1.807) is 43.4 Å². The third-order valence-corrected chi connectivity index (χ3v) is 8.70. The Balaban J connectivity index is 1.81. The maximum Gasteiger partial charge on any atom is 0.387 e. The van der Waals surface area contributed by atoms with Crippen LogP contribution in [0.2, 0.25) is 5.02 Å². The first-order valence-electron chi connectivity index (χ1n) is 12.9. The number of rotatable bonds is 10. The summed E-state index contributed by atoms with van der Waals surface area (Å²) in [5.41, 5.74) is 8.11. The Labute approximate surface area is 248 Å². The zero-order valence-corrected chi connectivity index (χ0v) is 24.6. The zero-order chi connectivity index (χ0) is 30.6. The predicted molar refractivity (Wildman–Crippen MR) is 157 cm³/mol. The van der Waals surface area contributed by atoms with Crippen LogP contribution in [0.15, 0.2) is 71.6 Å². The van der Waals surface area contributed by atoms with Gasteiger partial charge < -0.3 is 19.9 Å². The van der Waals surface area contributed by atoms with Crippen LogP contribution in [0.4, 0.5) is 18.9 Å². The molecule has 1 aliphatic heterocycles. The highest BCUT2D eigenvalue weighted by molar-refractivity contribution is 7.92. The van der Waals surface area contributed by atoms with Crippen molar-refractivity contribution in [3.63, 3.8) is 0 Å². The van der Waals surface area contributed by atoms with Crippen molar-refractivity contribution in [2.45, 2.75) is 44.1 Å². The fraction of sp³-hybridized carbons (Fsp3) is 0.267. The second-order valence-corrected chi connectivity index (χ2v) is 11.9. The topological polar surface area (TPSA) is 91.1 Å². The molecule has 2 unspecified atom stereocenters. The van der Waals surface area contributed by atoms with Gasteiger partial charge in [-0.1, -0.05) is 35.9 Å². The average molecular weight is 623 g/mol. The summed E-state index contributed by atoms with van der Waals surface area (Å²) in [6.45, 7) is 0.267. The summed E-state index contributed by atoms with van der Waals surface area (Å²) in [7, 11) is -2.82. The lowest BCUT2D eigenvalue weighted by atomic mass is 9.99. The molecular weight excluding hydrogens is 593 g/mol. The number of alkyl halides is 2. The van der Waals surface area contributed by atoms with Crippen LogP contribution < -0.4 is 19.5 Å². The summed E-state index contributed by atoms with van der Waals surface area (Å²) < 4.78 is 85.0. The minimum Gasteiger partial charge on any atom is -0.482 e. The number of hydrogen-bond donors (Lipinski definition) is 1. The summed E-state index contributed by atoms with van der Waals surface area (Å²) in [5, 5.41) is 0.237. The van der Waals surface area contributed by atoms with Crippen molar-refractivity contribution in [1.29, 1.82) is 0 Å². The molecule has 224 valence electrons. The SMILES string of the molecule is COC(N)C/C=C/C1CN(S(=O)(=O)c2cccc(OC(F)F)c2)c2cc(/C=C(\C)c3c(F)cccc3Cl)c(C)cc2O1. The normalized spacial score (nSPS) is 16.5.